The number of piperazine rings is 1. The summed E-state index contributed by atoms with van der Waals surface area (Å²) in [5.41, 5.74) is -0.749. The maximum absolute atomic E-state index is 17.0. The number of aromatic hydroxyl groups is 1. The fourth-order valence-corrected chi connectivity index (χ4v) is 8.16. The van der Waals surface area contributed by atoms with E-state index < -0.39 is 29.8 Å². The Balaban J connectivity index is 1.34. The lowest BCUT2D eigenvalue weighted by Crippen LogP contribution is -2.51. The molecule has 0 unspecified atom stereocenters. The number of anilines is 1. The molecule has 1 atom stereocenters. The average molecular weight is 641 g/mol. The number of fused-ring (bicyclic) bond motifs is 4. The van der Waals surface area contributed by atoms with Crippen molar-refractivity contribution in [2.45, 2.75) is 62.7 Å². The van der Waals surface area contributed by atoms with Crippen molar-refractivity contribution in [3.05, 3.63) is 47.2 Å². The standard InChI is InChI=1S/C33H33F5N6O2/c34-23-5-3-18-13-20(45)14-21(25(18)22(23)15-33(36,37)38)28-27(35)29-26-24(40-28)6-4-19-16-39-9-12-44(19)30(26)42-31(41-29)46-17-32-7-1-10-43(32)11-2-8-32/h3,5,13-14,19,39,45H,1-2,4,6-12,15-17H2/t19-/m1/s1. The SMILES string of the molecule is Oc1cc(-c2nc3c4c(nc(OCC56CCCN5CCC6)nc4c2F)N2CCNC[C@H]2CC3)c2c(CC(F)(F)F)c(F)ccc2c1. The van der Waals surface area contributed by atoms with E-state index in [1.807, 2.05) is 0 Å². The molecule has 8 rings (SSSR count). The van der Waals surface area contributed by atoms with E-state index in [4.69, 9.17) is 14.7 Å². The van der Waals surface area contributed by atoms with Crippen LogP contribution in [0.4, 0.5) is 27.8 Å². The van der Waals surface area contributed by atoms with Crippen molar-refractivity contribution >= 4 is 27.5 Å². The maximum Gasteiger partial charge on any atom is 0.393 e. The zero-order valence-electron chi connectivity index (χ0n) is 25.1. The molecule has 3 saturated heterocycles. The number of hydrogen-bond acceptors (Lipinski definition) is 8. The Labute approximate surface area is 261 Å². The van der Waals surface area contributed by atoms with Crippen LogP contribution in [0.5, 0.6) is 11.8 Å². The van der Waals surface area contributed by atoms with Gasteiger partial charge in [-0.1, -0.05) is 6.07 Å². The van der Waals surface area contributed by atoms with Crippen LogP contribution in [-0.2, 0) is 12.8 Å². The number of phenols is 1. The van der Waals surface area contributed by atoms with Crippen LogP contribution in [0.25, 0.3) is 32.9 Å². The molecule has 4 aliphatic heterocycles. The minimum atomic E-state index is -4.73. The number of ether oxygens (including phenoxy) is 1. The van der Waals surface area contributed by atoms with Crippen LogP contribution in [0.15, 0.2) is 24.3 Å². The zero-order chi connectivity index (χ0) is 31.8. The third-order valence-corrected chi connectivity index (χ3v) is 10.2. The molecule has 4 aromatic rings. The van der Waals surface area contributed by atoms with Crippen LogP contribution >= 0.6 is 0 Å². The fourth-order valence-electron chi connectivity index (χ4n) is 8.16. The number of nitrogens with one attached hydrogen (secondary N) is 1. The van der Waals surface area contributed by atoms with Crippen molar-refractivity contribution in [3.63, 3.8) is 0 Å². The van der Waals surface area contributed by atoms with Gasteiger partial charge in [0.1, 0.15) is 35.2 Å². The monoisotopic (exact) mass is 640 g/mol. The molecule has 3 fully saturated rings. The summed E-state index contributed by atoms with van der Waals surface area (Å²) in [5.74, 6) is -1.76. The molecule has 0 radical (unpaired) electrons. The number of aromatic nitrogens is 3. The minimum absolute atomic E-state index is 0.0291. The van der Waals surface area contributed by atoms with Crippen molar-refractivity contribution < 1.29 is 31.8 Å². The molecular weight excluding hydrogens is 607 g/mol. The van der Waals surface area contributed by atoms with E-state index in [0.717, 1.165) is 50.9 Å². The minimum Gasteiger partial charge on any atom is -0.508 e. The molecule has 0 spiro atoms. The van der Waals surface area contributed by atoms with E-state index in [2.05, 4.69) is 20.1 Å². The summed E-state index contributed by atoms with van der Waals surface area (Å²) >= 11 is 0. The molecule has 242 valence electrons. The highest BCUT2D eigenvalue weighted by atomic mass is 19.4. The average Bonchev–Trinajstić information content (AvgIpc) is 3.56. The number of alkyl halides is 3. The van der Waals surface area contributed by atoms with Crippen LogP contribution < -0.4 is 15.0 Å². The summed E-state index contributed by atoms with van der Waals surface area (Å²) < 4.78 is 79.3. The van der Waals surface area contributed by atoms with Gasteiger partial charge in [0.05, 0.1) is 23.0 Å². The quantitative estimate of drug-likeness (QED) is 0.270. The molecule has 13 heteroatoms. The van der Waals surface area contributed by atoms with Crippen LogP contribution in [-0.4, -0.2) is 82.0 Å². The van der Waals surface area contributed by atoms with Crippen molar-refractivity contribution in [2.75, 3.05) is 44.2 Å². The third-order valence-electron chi connectivity index (χ3n) is 10.2. The Bertz CT molecular complexity index is 1860. The number of halogens is 5. The van der Waals surface area contributed by atoms with Gasteiger partial charge >= 0.3 is 12.2 Å². The van der Waals surface area contributed by atoms with Crippen LogP contribution in [0, 0.1) is 11.6 Å². The fraction of sp³-hybridized carbons (Fsp3) is 0.485. The molecule has 0 bridgehead atoms. The third kappa shape index (κ3) is 4.90. The molecule has 0 aliphatic carbocycles. The van der Waals surface area contributed by atoms with E-state index in [9.17, 15) is 18.3 Å². The lowest BCUT2D eigenvalue weighted by Gasteiger charge is -2.36. The summed E-state index contributed by atoms with van der Waals surface area (Å²) in [4.78, 5) is 18.7. The lowest BCUT2D eigenvalue weighted by atomic mass is 9.93. The van der Waals surface area contributed by atoms with E-state index >= 15 is 8.78 Å². The number of pyridine rings is 1. The molecule has 4 aliphatic rings. The van der Waals surface area contributed by atoms with Gasteiger partial charge in [-0.25, -0.2) is 13.8 Å². The predicted molar refractivity (Wildman–Crippen MR) is 162 cm³/mol. The van der Waals surface area contributed by atoms with Gasteiger partial charge in [-0.3, -0.25) is 4.90 Å². The summed E-state index contributed by atoms with van der Waals surface area (Å²) in [6.45, 7) is 4.43. The second kappa shape index (κ2) is 10.9. The zero-order valence-corrected chi connectivity index (χ0v) is 25.1. The molecule has 46 heavy (non-hydrogen) atoms. The van der Waals surface area contributed by atoms with Crippen molar-refractivity contribution in [1.82, 2.24) is 25.2 Å². The van der Waals surface area contributed by atoms with Gasteiger partial charge < -0.3 is 20.1 Å². The Morgan fingerprint density at radius 1 is 1.02 bits per heavy atom. The van der Waals surface area contributed by atoms with Gasteiger partial charge in [-0.05, 0) is 80.6 Å². The van der Waals surface area contributed by atoms with E-state index in [-0.39, 0.29) is 50.9 Å². The van der Waals surface area contributed by atoms with E-state index in [1.54, 1.807) is 0 Å². The first-order valence-corrected chi connectivity index (χ1v) is 15.9. The highest BCUT2D eigenvalue weighted by Gasteiger charge is 2.45. The van der Waals surface area contributed by atoms with Crippen molar-refractivity contribution in [2.24, 2.45) is 0 Å². The first-order chi connectivity index (χ1) is 22.1. The molecule has 8 nitrogen and oxygen atoms in total. The smallest absolute Gasteiger partial charge is 0.393 e. The number of aryl methyl sites for hydroxylation is 1. The van der Waals surface area contributed by atoms with E-state index in [1.165, 1.54) is 12.1 Å². The second-order valence-electron chi connectivity index (χ2n) is 13.0. The van der Waals surface area contributed by atoms with Gasteiger partial charge in [0.15, 0.2) is 5.82 Å². The predicted octanol–water partition coefficient (Wildman–Crippen LogP) is 5.67. The second-order valence-corrected chi connectivity index (χ2v) is 13.0. The van der Waals surface area contributed by atoms with Crippen LogP contribution in [0.2, 0.25) is 0 Å². The molecule has 2 aromatic heterocycles. The molecular formula is C33H33F5N6O2. The van der Waals surface area contributed by atoms with Crippen LogP contribution in [0.1, 0.15) is 43.4 Å². The van der Waals surface area contributed by atoms with Crippen LogP contribution in [0.3, 0.4) is 0 Å². The summed E-state index contributed by atoms with van der Waals surface area (Å²) in [6, 6.07) is 4.65. The maximum atomic E-state index is 17.0. The highest BCUT2D eigenvalue weighted by Crippen LogP contribution is 2.43. The first kappa shape index (κ1) is 29.6. The van der Waals surface area contributed by atoms with Crippen molar-refractivity contribution in [1.29, 1.82) is 0 Å². The number of rotatable bonds is 5. The topological polar surface area (TPSA) is 86.6 Å². The summed E-state index contributed by atoms with van der Waals surface area (Å²) in [5, 5.41) is 14.4. The molecule has 6 heterocycles. The van der Waals surface area contributed by atoms with Gasteiger partial charge in [0.2, 0.25) is 0 Å². The molecule has 2 N–H and O–H groups in total. The number of benzene rings is 2. The normalized spacial score (nSPS) is 21.1. The molecule has 0 amide bonds. The largest absolute Gasteiger partial charge is 0.508 e. The number of phenolic OH excluding ortho intramolecular Hbond substituents is 1. The Hall–Kier alpha value is -3.84. The Morgan fingerprint density at radius 2 is 1.83 bits per heavy atom. The van der Waals surface area contributed by atoms with Crippen molar-refractivity contribution in [3.8, 4) is 23.0 Å². The Kier molecular flexibility index (Phi) is 6.98. The molecule has 2 aromatic carbocycles. The van der Waals surface area contributed by atoms with E-state index in [0.29, 0.717) is 56.0 Å². The first-order valence-electron chi connectivity index (χ1n) is 15.9. The Morgan fingerprint density at radius 3 is 2.61 bits per heavy atom. The summed E-state index contributed by atoms with van der Waals surface area (Å²) in [6.07, 6.45) is -1.04. The number of hydrogen-bond donors (Lipinski definition) is 2. The highest BCUT2D eigenvalue weighted by molar-refractivity contribution is 6.02. The lowest BCUT2D eigenvalue weighted by molar-refractivity contribution is -0.127. The number of nitrogens with zero attached hydrogens (tertiary/aromatic N) is 5. The molecule has 0 saturated carbocycles. The van der Waals surface area contributed by atoms with Gasteiger partial charge in [0, 0.05) is 36.8 Å². The van der Waals surface area contributed by atoms with Gasteiger partial charge in [0.25, 0.3) is 0 Å². The van der Waals surface area contributed by atoms with Gasteiger partial charge in [-0.2, -0.15) is 23.1 Å². The summed E-state index contributed by atoms with van der Waals surface area (Å²) in [7, 11) is 0. The van der Waals surface area contributed by atoms with Gasteiger partial charge in [-0.15, -0.1) is 0 Å².